The van der Waals surface area contributed by atoms with Gasteiger partial charge in [-0.15, -0.1) is 0 Å². The Bertz CT molecular complexity index is 314. The van der Waals surface area contributed by atoms with Gasteiger partial charge in [0.25, 0.3) is 0 Å². The predicted molar refractivity (Wildman–Crippen MR) is 61.0 cm³/mol. The van der Waals surface area contributed by atoms with Crippen LogP contribution in [-0.4, -0.2) is 31.1 Å². The maximum Gasteiger partial charge on any atom is 0.0637 e. The van der Waals surface area contributed by atoms with E-state index in [0.717, 1.165) is 17.3 Å². The van der Waals surface area contributed by atoms with E-state index in [9.17, 15) is 0 Å². The van der Waals surface area contributed by atoms with Crippen LogP contribution in [0.4, 0.5) is 5.69 Å². The van der Waals surface area contributed by atoms with Crippen LogP contribution in [0.3, 0.4) is 0 Å². The number of nitrogens with one attached hydrogen (secondary N) is 1. The molecule has 76 valence electrons. The summed E-state index contributed by atoms with van der Waals surface area (Å²) in [4.78, 5) is 2.33. The van der Waals surface area contributed by atoms with E-state index in [1.165, 1.54) is 13.0 Å². The summed E-state index contributed by atoms with van der Waals surface area (Å²) in [6, 6.07) is 8.45. The van der Waals surface area contributed by atoms with E-state index in [2.05, 4.69) is 17.3 Å². The SMILES string of the molecule is CN1CCC(Nc2ccccc2Cl)C1. The lowest BCUT2D eigenvalue weighted by molar-refractivity contribution is 0.414. The molecular weight excluding hydrogens is 196 g/mol. The van der Waals surface area contributed by atoms with Crippen LogP contribution in [0.15, 0.2) is 24.3 Å². The molecule has 1 unspecified atom stereocenters. The Morgan fingerprint density at radius 2 is 2.21 bits per heavy atom. The fraction of sp³-hybridized carbons (Fsp3) is 0.455. The number of anilines is 1. The number of hydrogen-bond acceptors (Lipinski definition) is 2. The molecule has 14 heavy (non-hydrogen) atoms. The van der Waals surface area contributed by atoms with Gasteiger partial charge >= 0.3 is 0 Å². The lowest BCUT2D eigenvalue weighted by atomic mass is 10.2. The molecule has 1 aromatic carbocycles. The van der Waals surface area contributed by atoms with E-state index < -0.39 is 0 Å². The molecule has 1 atom stereocenters. The Morgan fingerprint density at radius 3 is 2.86 bits per heavy atom. The summed E-state index contributed by atoms with van der Waals surface area (Å²) >= 11 is 6.06. The molecule has 0 aromatic heterocycles. The second kappa shape index (κ2) is 4.20. The van der Waals surface area contributed by atoms with Gasteiger partial charge in [0.05, 0.1) is 10.7 Å². The second-order valence-electron chi connectivity index (χ2n) is 3.87. The maximum atomic E-state index is 6.06. The highest BCUT2D eigenvalue weighted by atomic mass is 35.5. The highest BCUT2D eigenvalue weighted by Gasteiger charge is 2.19. The Balaban J connectivity index is 2.01. The van der Waals surface area contributed by atoms with Gasteiger partial charge in [-0.1, -0.05) is 23.7 Å². The van der Waals surface area contributed by atoms with Crippen LogP contribution >= 0.6 is 11.6 Å². The summed E-state index contributed by atoms with van der Waals surface area (Å²) in [5.41, 5.74) is 1.05. The summed E-state index contributed by atoms with van der Waals surface area (Å²) in [6.45, 7) is 2.27. The monoisotopic (exact) mass is 210 g/mol. The molecule has 0 aliphatic carbocycles. The van der Waals surface area contributed by atoms with Crippen LogP contribution in [-0.2, 0) is 0 Å². The lowest BCUT2D eigenvalue weighted by Gasteiger charge is -2.15. The van der Waals surface area contributed by atoms with Crippen LogP contribution in [0.5, 0.6) is 0 Å². The first kappa shape index (κ1) is 9.81. The molecule has 1 aliphatic heterocycles. The Hall–Kier alpha value is -0.730. The molecule has 0 bridgehead atoms. The average molecular weight is 211 g/mol. The third-order valence-corrected chi connectivity index (χ3v) is 2.95. The Kier molecular flexibility index (Phi) is 2.94. The zero-order valence-corrected chi connectivity index (χ0v) is 9.09. The number of rotatable bonds is 2. The smallest absolute Gasteiger partial charge is 0.0637 e. The van der Waals surface area contributed by atoms with E-state index in [0.29, 0.717) is 6.04 Å². The number of nitrogens with zero attached hydrogens (tertiary/aromatic N) is 1. The summed E-state index contributed by atoms with van der Waals surface area (Å²) in [7, 11) is 2.15. The number of halogens is 1. The van der Waals surface area contributed by atoms with Crippen molar-refractivity contribution >= 4 is 17.3 Å². The van der Waals surface area contributed by atoms with E-state index in [1.807, 2.05) is 24.3 Å². The van der Waals surface area contributed by atoms with E-state index in [-0.39, 0.29) is 0 Å². The first-order chi connectivity index (χ1) is 6.75. The molecule has 0 amide bonds. The zero-order chi connectivity index (χ0) is 9.97. The van der Waals surface area contributed by atoms with Gasteiger partial charge in [0.2, 0.25) is 0 Å². The van der Waals surface area contributed by atoms with Crippen molar-refractivity contribution in [2.24, 2.45) is 0 Å². The number of para-hydroxylation sites is 1. The van der Waals surface area contributed by atoms with E-state index in [4.69, 9.17) is 11.6 Å². The molecule has 3 heteroatoms. The molecule has 2 rings (SSSR count). The molecule has 1 saturated heterocycles. The molecule has 0 saturated carbocycles. The number of likely N-dealkylation sites (tertiary alicyclic amines) is 1. The van der Waals surface area contributed by atoms with Gasteiger partial charge in [0, 0.05) is 12.6 Å². The van der Waals surface area contributed by atoms with Crippen molar-refractivity contribution in [1.29, 1.82) is 0 Å². The number of likely N-dealkylation sites (N-methyl/N-ethyl adjacent to an activating group) is 1. The second-order valence-corrected chi connectivity index (χ2v) is 4.28. The van der Waals surface area contributed by atoms with E-state index in [1.54, 1.807) is 0 Å². The minimum atomic E-state index is 0.542. The molecule has 1 aliphatic rings. The standard InChI is InChI=1S/C11H15ClN2/c1-14-7-6-9(8-14)13-11-5-3-2-4-10(11)12/h2-5,9,13H,6-8H2,1H3. The molecule has 2 nitrogen and oxygen atoms in total. The minimum Gasteiger partial charge on any atom is -0.380 e. The van der Waals surface area contributed by atoms with Gasteiger partial charge in [0.1, 0.15) is 0 Å². The summed E-state index contributed by atoms with van der Waals surface area (Å²) in [6.07, 6.45) is 1.20. The van der Waals surface area contributed by atoms with Crippen molar-refractivity contribution < 1.29 is 0 Å². The van der Waals surface area contributed by atoms with Crippen molar-refractivity contribution in [1.82, 2.24) is 4.90 Å². The fourth-order valence-electron chi connectivity index (χ4n) is 1.85. The lowest BCUT2D eigenvalue weighted by Crippen LogP contribution is -2.23. The Morgan fingerprint density at radius 1 is 1.43 bits per heavy atom. The molecule has 0 radical (unpaired) electrons. The van der Waals surface area contributed by atoms with Crippen LogP contribution in [0.2, 0.25) is 5.02 Å². The first-order valence-corrected chi connectivity index (χ1v) is 5.33. The van der Waals surface area contributed by atoms with Crippen molar-refractivity contribution in [3.8, 4) is 0 Å². The van der Waals surface area contributed by atoms with Crippen LogP contribution in [0.25, 0.3) is 0 Å². The first-order valence-electron chi connectivity index (χ1n) is 4.95. The van der Waals surface area contributed by atoms with Crippen LogP contribution in [0, 0.1) is 0 Å². The highest BCUT2D eigenvalue weighted by molar-refractivity contribution is 6.33. The number of hydrogen-bond donors (Lipinski definition) is 1. The average Bonchev–Trinajstić information content (AvgIpc) is 2.56. The van der Waals surface area contributed by atoms with Crippen molar-refractivity contribution in [3.05, 3.63) is 29.3 Å². The zero-order valence-electron chi connectivity index (χ0n) is 8.33. The summed E-state index contributed by atoms with van der Waals surface area (Å²) in [5.74, 6) is 0. The molecule has 1 aromatic rings. The van der Waals surface area contributed by atoms with Gasteiger partial charge in [0.15, 0.2) is 0 Å². The molecule has 1 heterocycles. The van der Waals surface area contributed by atoms with Gasteiger partial charge in [-0.2, -0.15) is 0 Å². The van der Waals surface area contributed by atoms with E-state index >= 15 is 0 Å². The summed E-state index contributed by atoms with van der Waals surface area (Å²) < 4.78 is 0. The fourth-order valence-corrected chi connectivity index (χ4v) is 2.04. The quantitative estimate of drug-likeness (QED) is 0.807. The topological polar surface area (TPSA) is 15.3 Å². The third-order valence-electron chi connectivity index (χ3n) is 2.62. The third kappa shape index (κ3) is 2.20. The summed E-state index contributed by atoms with van der Waals surface area (Å²) in [5, 5.41) is 4.27. The van der Waals surface area contributed by atoms with Crippen molar-refractivity contribution in [2.75, 3.05) is 25.5 Å². The van der Waals surface area contributed by atoms with Gasteiger partial charge in [-0.05, 0) is 32.1 Å². The predicted octanol–water partition coefficient (Wildman–Crippen LogP) is 2.46. The van der Waals surface area contributed by atoms with Gasteiger partial charge in [-0.3, -0.25) is 0 Å². The largest absolute Gasteiger partial charge is 0.380 e. The van der Waals surface area contributed by atoms with Crippen molar-refractivity contribution in [2.45, 2.75) is 12.5 Å². The molecule has 1 fully saturated rings. The Labute approximate surface area is 89.9 Å². The van der Waals surface area contributed by atoms with Gasteiger partial charge < -0.3 is 10.2 Å². The molecular formula is C11H15ClN2. The normalized spacial score (nSPS) is 22.6. The van der Waals surface area contributed by atoms with Gasteiger partial charge in [-0.25, -0.2) is 0 Å². The maximum absolute atomic E-state index is 6.06. The van der Waals surface area contributed by atoms with Crippen molar-refractivity contribution in [3.63, 3.8) is 0 Å². The minimum absolute atomic E-state index is 0.542. The highest BCUT2D eigenvalue weighted by Crippen LogP contribution is 2.23. The van der Waals surface area contributed by atoms with Crippen LogP contribution < -0.4 is 5.32 Å². The molecule has 0 spiro atoms. The van der Waals surface area contributed by atoms with Crippen LogP contribution in [0.1, 0.15) is 6.42 Å². The molecule has 1 N–H and O–H groups in total. The number of benzene rings is 1.